The number of carbonyl (C=O) groups excluding carboxylic acids is 1. The van der Waals surface area contributed by atoms with Crippen LogP contribution in [0.25, 0.3) is 0 Å². The van der Waals surface area contributed by atoms with Crippen LogP contribution in [-0.4, -0.2) is 12.9 Å². The Labute approximate surface area is 77.0 Å². The first-order chi connectivity index (χ1) is 6.31. The Hall–Kier alpha value is -1.71. The second-order valence-electron chi connectivity index (χ2n) is 2.88. The zero-order chi connectivity index (χ0) is 9.26. The molecular weight excluding hydrogens is 163 g/mol. The number of hydrogen-bond donors (Lipinski definition) is 2. The fourth-order valence-corrected chi connectivity index (χ4v) is 1.35. The van der Waals surface area contributed by atoms with Crippen molar-refractivity contribution in [2.24, 2.45) is 0 Å². The molecule has 0 radical (unpaired) electrons. The lowest BCUT2D eigenvalue weighted by molar-refractivity contribution is 0.0979. The Balaban J connectivity index is 2.42. The Morgan fingerprint density at radius 3 is 2.85 bits per heavy atom. The fourth-order valence-electron chi connectivity index (χ4n) is 1.35. The van der Waals surface area contributed by atoms with E-state index >= 15 is 0 Å². The second kappa shape index (κ2) is 2.97. The Morgan fingerprint density at radius 1 is 1.31 bits per heavy atom. The van der Waals surface area contributed by atoms with Gasteiger partial charge >= 0.3 is 6.98 Å². The number of benzene rings is 1. The highest BCUT2D eigenvalue weighted by molar-refractivity contribution is 6.69. The highest BCUT2D eigenvalue weighted by atomic mass is 16.1. The number of para-hydroxylation sites is 1. The van der Waals surface area contributed by atoms with E-state index in [1.807, 2.05) is 18.2 Å². The molecule has 3 nitrogen and oxygen atoms in total. The normalized spacial score (nSPS) is 14.2. The number of fused-ring (bicyclic) bond motifs is 1. The molecule has 13 heavy (non-hydrogen) atoms. The van der Waals surface area contributed by atoms with Gasteiger partial charge in [0, 0.05) is 5.69 Å². The SMILES string of the molecule is C=CB1NC(=O)c2ccccc2N1. The van der Waals surface area contributed by atoms with Crippen molar-refractivity contribution < 1.29 is 4.79 Å². The molecule has 0 saturated carbocycles. The van der Waals surface area contributed by atoms with Gasteiger partial charge < -0.3 is 10.5 Å². The highest BCUT2D eigenvalue weighted by Crippen LogP contribution is 2.18. The molecule has 0 unspecified atom stereocenters. The summed E-state index contributed by atoms with van der Waals surface area (Å²) in [6.45, 7) is 3.45. The van der Waals surface area contributed by atoms with E-state index in [4.69, 9.17) is 0 Å². The first-order valence-electron chi connectivity index (χ1n) is 4.10. The summed E-state index contributed by atoms with van der Waals surface area (Å²) in [6, 6.07) is 7.40. The van der Waals surface area contributed by atoms with Crippen LogP contribution >= 0.6 is 0 Å². The van der Waals surface area contributed by atoms with Gasteiger partial charge in [0.05, 0.1) is 5.56 Å². The quantitative estimate of drug-likeness (QED) is 0.621. The third-order valence-electron chi connectivity index (χ3n) is 2.00. The van der Waals surface area contributed by atoms with Crippen LogP contribution in [0.2, 0.25) is 0 Å². The van der Waals surface area contributed by atoms with Crippen molar-refractivity contribution in [1.29, 1.82) is 0 Å². The summed E-state index contributed by atoms with van der Waals surface area (Å²) in [5, 5.41) is 5.88. The molecule has 2 rings (SSSR count). The lowest BCUT2D eigenvalue weighted by Crippen LogP contribution is -2.48. The molecule has 2 N–H and O–H groups in total. The zero-order valence-corrected chi connectivity index (χ0v) is 7.08. The summed E-state index contributed by atoms with van der Waals surface area (Å²) < 4.78 is 0. The molecule has 1 amide bonds. The molecule has 1 aliphatic rings. The molecule has 1 heterocycles. The number of nitrogens with one attached hydrogen (secondary N) is 2. The number of carbonyl (C=O) groups is 1. The van der Waals surface area contributed by atoms with Gasteiger partial charge in [0.2, 0.25) is 5.91 Å². The van der Waals surface area contributed by atoms with Gasteiger partial charge in [-0.3, -0.25) is 4.79 Å². The molecule has 0 atom stereocenters. The van der Waals surface area contributed by atoms with Crippen molar-refractivity contribution in [1.82, 2.24) is 5.23 Å². The predicted octanol–water partition coefficient (Wildman–Crippen LogP) is 1.06. The van der Waals surface area contributed by atoms with Crippen molar-refractivity contribution in [2.45, 2.75) is 0 Å². The van der Waals surface area contributed by atoms with E-state index in [2.05, 4.69) is 17.0 Å². The van der Waals surface area contributed by atoms with Crippen molar-refractivity contribution in [3.63, 3.8) is 0 Å². The lowest BCUT2D eigenvalue weighted by Gasteiger charge is -2.22. The van der Waals surface area contributed by atoms with Crippen LogP contribution in [0.3, 0.4) is 0 Å². The van der Waals surface area contributed by atoms with E-state index in [9.17, 15) is 4.79 Å². The summed E-state index contributed by atoms with van der Waals surface area (Å²) in [6.07, 6.45) is 0. The van der Waals surface area contributed by atoms with Crippen LogP contribution in [0, 0.1) is 0 Å². The summed E-state index contributed by atoms with van der Waals surface area (Å²) in [5.74, 6) is 1.60. The van der Waals surface area contributed by atoms with E-state index in [1.165, 1.54) is 0 Å². The molecule has 1 aromatic carbocycles. The van der Waals surface area contributed by atoms with Crippen LogP contribution in [0.1, 0.15) is 10.4 Å². The van der Waals surface area contributed by atoms with Crippen LogP contribution in [0.5, 0.6) is 0 Å². The van der Waals surface area contributed by atoms with E-state index in [0.29, 0.717) is 5.56 Å². The average Bonchev–Trinajstić information content (AvgIpc) is 2.18. The van der Waals surface area contributed by atoms with Crippen molar-refractivity contribution >= 4 is 18.6 Å². The van der Waals surface area contributed by atoms with Crippen LogP contribution in [0.4, 0.5) is 5.69 Å². The second-order valence-corrected chi connectivity index (χ2v) is 2.88. The fraction of sp³-hybridized carbons (Fsp3) is 0. The predicted molar refractivity (Wildman–Crippen MR) is 53.5 cm³/mol. The minimum absolute atomic E-state index is 0.0562. The van der Waals surface area contributed by atoms with Gasteiger partial charge in [-0.1, -0.05) is 18.1 Å². The van der Waals surface area contributed by atoms with E-state index in [0.717, 1.165) is 5.69 Å². The maximum Gasteiger partial charge on any atom is 0.400 e. The van der Waals surface area contributed by atoms with Gasteiger partial charge in [-0.25, -0.2) is 0 Å². The minimum atomic E-state index is -0.164. The summed E-state index contributed by atoms with van der Waals surface area (Å²) >= 11 is 0. The van der Waals surface area contributed by atoms with Gasteiger partial charge in [0.25, 0.3) is 0 Å². The van der Waals surface area contributed by atoms with Gasteiger partial charge in [-0.15, -0.1) is 6.58 Å². The largest absolute Gasteiger partial charge is 0.405 e. The zero-order valence-electron chi connectivity index (χ0n) is 7.08. The first kappa shape index (κ1) is 7.92. The van der Waals surface area contributed by atoms with Crippen molar-refractivity contribution in [3.8, 4) is 0 Å². The molecule has 1 aromatic rings. The average molecular weight is 172 g/mol. The molecule has 0 aromatic heterocycles. The lowest BCUT2D eigenvalue weighted by atomic mass is 9.74. The van der Waals surface area contributed by atoms with Gasteiger partial charge in [0.1, 0.15) is 0 Å². The first-order valence-corrected chi connectivity index (χ1v) is 4.10. The number of rotatable bonds is 1. The molecule has 4 heteroatoms. The monoisotopic (exact) mass is 172 g/mol. The molecule has 64 valence electrons. The van der Waals surface area contributed by atoms with Crippen LogP contribution < -0.4 is 10.5 Å². The maximum absolute atomic E-state index is 11.5. The molecular formula is C9H9BN2O. The minimum Gasteiger partial charge on any atom is -0.405 e. The molecule has 0 bridgehead atoms. The van der Waals surface area contributed by atoms with Crippen LogP contribution in [0.15, 0.2) is 36.8 Å². The smallest absolute Gasteiger partial charge is 0.400 e. The van der Waals surface area contributed by atoms with Crippen molar-refractivity contribution in [3.05, 3.63) is 42.4 Å². The third kappa shape index (κ3) is 1.31. The van der Waals surface area contributed by atoms with E-state index < -0.39 is 0 Å². The molecule has 0 fully saturated rings. The molecule has 0 spiro atoms. The summed E-state index contributed by atoms with van der Waals surface area (Å²) in [4.78, 5) is 11.5. The molecule has 0 aliphatic carbocycles. The Bertz CT molecular complexity index is 364. The van der Waals surface area contributed by atoms with Gasteiger partial charge in [-0.2, -0.15) is 0 Å². The van der Waals surface area contributed by atoms with Crippen molar-refractivity contribution in [2.75, 3.05) is 5.23 Å². The standard InChI is InChI=1S/C9H9BN2O/c1-2-10-11-8-6-4-3-5-7(8)9(13)12-10/h2-6,11H,1H2,(H,12,13). The van der Waals surface area contributed by atoms with Gasteiger partial charge in [0.15, 0.2) is 0 Å². The highest BCUT2D eigenvalue weighted by Gasteiger charge is 2.24. The van der Waals surface area contributed by atoms with E-state index in [-0.39, 0.29) is 12.9 Å². The van der Waals surface area contributed by atoms with Crippen LogP contribution in [-0.2, 0) is 0 Å². The third-order valence-corrected chi connectivity index (χ3v) is 2.00. The number of hydrogen-bond acceptors (Lipinski definition) is 2. The summed E-state index contributed by atoms with van der Waals surface area (Å²) in [7, 11) is 0. The Kier molecular flexibility index (Phi) is 1.81. The Morgan fingerprint density at radius 2 is 2.08 bits per heavy atom. The number of anilines is 1. The molecule has 1 aliphatic heterocycles. The topological polar surface area (TPSA) is 41.1 Å². The maximum atomic E-state index is 11.5. The van der Waals surface area contributed by atoms with E-state index in [1.54, 1.807) is 12.0 Å². The van der Waals surface area contributed by atoms with Gasteiger partial charge in [-0.05, 0) is 12.1 Å². The summed E-state index contributed by atoms with van der Waals surface area (Å²) in [5.41, 5.74) is 1.54. The number of amides is 1. The molecule has 0 saturated heterocycles.